The van der Waals surface area contributed by atoms with Gasteiger partial charge in [0.1, 0.15) is 0 Å². The van der Waals surface area contributed by atoms with E-state index in [-0.39, 0.29) is 5.54 Å². The Labute approximate surface area is 119 Å². The molecule has 0 radical (unpaired) electrons. The molecule has 0 amide bonds. The second-order valence-corrected chi connectivity index (χ2v) is 6.79. The van der Waals surface area contributed by atoms with Crippen molar-refractivity contribution in [1.29, 1.82) is 0 Å². The standard InChI is InChI=1S/C16H33N3/c1-3-4-5-9-16(2,14-17)19-12-7-11-18-10-6-8-15(18)13-19/h15H,3-14,17H2,1-2H3. The molecule has 0 aromatic heterocycles. The maximum atomic E-state index is 6.15. The first-order chi connectivity index (χ1) is 9.19. The molecular weight excluding hydrogens is 234 g/mol. The Morgan fingerprint density at radius 3 is 2.68 bits per heavy atom. The molecule has 0 aliphatic carbocycles. The summed E-state index contributed by atoms with van der Waals surface area (Å²) in [6, 6.07) is 0.805. The third kappa shape index (κ3) is 3.71. The number of fused-ring (bicyclic) bond motifs is 1. The zero-order valence-electron chi connectivity index (χ0n) is 13.0. The summed E-state index contributed by atoms with van der Waals surface area (Å²) in [6.45, 7) is 10.6. The second kappa shape index (κ2) is 7.05. The van der Waals surface area contributed by atoms with Gasteiger partial charge in [0, 0.05) is 31.2 Å². The lowest BCUT2D eigenvalue weighted by Gasteiger charge is -2.41. The largest absolute Gasteiger partial charge is 0.329 e. The zero-order chi connectivity index (χ0) is 13.7. The lowest BCUT2D eigenvalue weighted by atomic mass is 9.91. The number of unbranched alkanes of at least 4 members (excludes halogenated alkanes) is 2. The summed E-state index contributed by atoms with van der Waals surface area (Å²) in [5.41, 5.74) is 6.38. The van der Waals surface area contributed by atoms with Crippen LogP contribution in [0.3, 0.4) is 0 Å². The third-order valence-electron chi connectivity index (χ3n) is 5.33. The van der Waals surface area contributed by atoms with Crippen LogP contribution in [0.2, 0.25) is 0 Å². The van der Waals surface area contributed by atoms with Gasteiger partial charge in [-0.05, 0) is 45.7 Å². The molecule has 112 valence electrons. The number of hydrogen-bond acceptors (Lipinski definition) is 3. The van der Waals surface area contributed by atoms with Crippen molar-refractivity contribution in [3.63, 3.8) is 0 Å². The van der Waals surface area contributed by atoms with Crippen LogP contribution in [0.25, 0.3) is 0 Å². The van der Waals surface area contributed by atoms with Gasteiger partial charge in [0.05, 0.1) is 0 Å². The summed E-state index contributed by atoms with van der Waals surface area (Å²) in [5, 5.41) is 0. The summed E-state index contributed by atoms with van der Waals surface area (Å²) in [6.07, 6.45) is 9.36. The van der Waals surface area contributed by atoms with Crippen molar-refractivity contribution in [1.82, 2.24) is 9.80 Å². The number of rotatable bonds is 6. The molecule has 2 atom stereocenters. The molecule has 3 heteroatoms. The molecule has 2 saturated heterocycles. The molecule has 3 nitrogen and oxygen atoms in total. The number of nitrogens with two attached hydrogens (primary N) is 1. The fourth-order valence-corrected chi connectivity index (χ4v) is 3.84. The first kappa shape index (κ1) is 15.3. The first-order valence-corrected chi connectivity index (χ1v) is 8.39. The van der Waals surface area contributed by atoms with Gasteiger partial charge in [-0.15, -0.1) is 0 Å². The van der Waals surface area contributed by atoms with Crippen LogP contribution in [0.1, 0.15) is 58.8 Å². The molecule has 2 aliphatic rings. The van der Waals surface area contributed by atoms with E-state index in [1.807, 2.05) is 0 Å². The molecule has 19 heavy (non-hydrogen) atoms. The number of hydrogen-bond donors (Lipinski definition) is 1. The molecule has 0 bridgehead atoms. The molecule has 2 heterocycles. The van der Waals surface area contributed by atoms with E-state index in [1.165, 1.54) is 71.1 Å². The van der Waals surface area contributed by atoms with E-state index in [9.17, 15) is 0 Å². The quantitative estimate of drug-likeness (QED) is 0.750. The Morgan fingerprint density at radius 2 is 1.95 bits per heavy atom. The van der Waals surface area contributed by atoms with Crippen molar-refractivity contribution in [2.45, 2.75) is 70.4 Å². The van der Waals surface area contributed by atoms with Crippen LogP contribution in [0.5, 0.6) is 0 Å². The van der Waals surface area contributed by atoms with E-state index in [1.54, 1.807) is 0 Å². The van der Waals surface area contributed by atoms with Crippen molar-refractivity contribution < 1.29 is 0 Å². The van der Waals surface area contributed by atoms with Crippen molar-refractivity contribution in [3.8, 4) is 0 Å². The van der Waals surface area contributed by atoms with Crippen LogP contribution >= 0.6 is 0 Å². The highest BCUT2D eigenvalue weighted by molar-refractivity contribution is 4.93. The zero-order valence-corrected chi connectivity index (χ0v) is 13.0. The van der Waals surface area contributed by atoms with E-state index in [4.69, 9.17) is 5.73 Å². The molecule has 2 aliphatic heterocycles. The van der Waals surface area contributed by atoms with E-state index >= 15 is 0 Å². The highest BCUT2D eigenvalue weighted by atomic mass is 15.3. The summed E-state index contributed by atoms with van der Waals surface area (Å²) in [7, 11) is 0. The average molecular weight is 267 g/mol. The number of nitrogens with zero attached hydrogens (tertiary/aromatic N) is 2. The maximum Gasteiger partial charge on any atom is 0.0304 e. The molecule has 0 spiro atoms. The van der Waals surface area contributed by atoms with Gasteiger partial charge in [-0.3, -0.25) is 9.80 Å². The summed E-state index contributed by atoms with van der Waals surface area (Å²) >= 11 is 0. The van der Waals surface area contributed by atoms with Gasteiger partial charge in [0.2, 0.25) is 0 Å². The Hall–Kier alpha value is -0.120. The predicted octanol–water partition coefficient (Wildman–Crippen LogP) is 2.45. The molecule has 0 aromatic rings. The van der Waals surface area contributed by atoms with Crippen molar-refractivity contribution in [2.75, 3.05) is 32.7 Å². The Morgan fingerprint density at radius 1 is 1.16 bits per heavy atom. The van der Waals surface area contributed by atoms with Gasteiger partial charge in [-0.2, -0.15) is 0 Å². The molecule has 2 unspecified atom stereocenters. The maximum absolute atomic E-state index is 6.15. The lowest BCUT2D eigenvalue weighted by molar-refractivity contribution is 0.0890. The van der Waals surface area contributed by atoms with E-state index in [2.05, 4.69) is 23.6 Å². The minimum atomic E-state index is 0.230. The smallest absolute Gasteiger partial charge is 0.0304 e. The highest BCUT2D eigenvalue weighted by Gasteiger charge is 2.36. The topological polar surface area (TPSA) is 32.5 Å². The van der Waals surface area contributed by atoms with Gasteiger partial charge in [0.25, 0.3) is 0 Å². The van der Waals surface area contributed by atoms with Gasteiger partial charge < -0.3 is 5.73 Å². The molecule has 2 fully saturated rings. The van der Waals surface area contributed by atoms with E-state index < -0.39 is 0 Å². The van der Waals surface area contributed by atoms with Crippen molar-refractivity contribution in [2.24, 2.45) is 5.73 Å². The Kier molecular flexibility index (Phi) is 5.67. The SMILES string of the molecule is CCCCCC(C)(CN)N1CCCN2CCCC2C1. The van der Waals surface area contributed by atoms with Crippen LogP contribution in [0, 0.1) is 0 Å². The van der Waals surface area contributed by atoms with Crippen molar-refractivity contribution >= 4 is 0 Å². The molecular formula is C16H33N3. The average Bonchev–Trinajstić information content (AvgIpc) is 2.76. The van der Waals surface area contributed by atoms with Crippen LogP contribution in [-0.4, -0.2) is 54.1 Å². The van der Waals surface area contributed by atoms with Crippen LogP contribution in [0.15, 0.2) is 0 Å². The lowest BCUT2D eigenvalue weighted by Crippen LogP contribution is -2.54. The van der Waals surface area contributed by atoms with Gasteiger partial charge in [0.15, 0.2) is 0 Å². The molecule has 2 N–H and O–H groups in total. The van der Waals surface area contributed by atoms with Crippen LogP contribution in [0.4, 0.5) is 0 Å². The third-order valence-corrected chi connectivity index (χ3v) is 5.33. The minimum absolute atomic E-state index is 0.230. The van der Waals surface area contributed by atoms with Gasteiger partial charge in [-0.25, -0.2) is 0 Å². The van der Waals surface area contributed by atoms with Gasteiger partial charge >= 0.3 is 0 Å². The molecule has 0 saturated carbocycles. The fraction of sp³-hybridized carbons (Fsp3) is 1.00. The first-order valence-electron chi connectivity index (χ1n) is 8.39. The predicted molar refractivity (Wildman–Crippen MR) is 82.4 cm³/mol. The summed E-state index contributed by atoms with van der Waals surface area (Å²) in [4.78, 5) is 5.43. The van der Waals surface area contributed by atoms with Gasteiger partial charge in [-0.1, -0.05) is 26.2 Å². The normalized spacial score (nSPS) is 28.9. The van der Waals surface area contributed by atoms with Crippen LogP contribution in [-0.2, 0) is 0 Å². The monoisotopic (exact) mass is 267 g/mol. The molecule has 0 aromatic carbocycles. The van der Waals surface area contributed by atoms with Crippen LogP contribution < -0.4 is 5.73 Å². The highest BCUT2D eigenvalue weighted by Crippen LogP contribution is 2.28. The molecule has 2 rings (SSSR count). The Bertz CT molecular complexity index is 269. The van der Waals surface area contributed by atoms with E-state index in [0.29, 0.717) is 0 Å². The van der Waals surface area contributed by atoms with Crippen molar-refractivity contribution in [3.05, 3.63) is 0 Å². The summed E-state index contributed by atoms with van der Waals surface area (Å²) in [5.74, 6) is 0. The van der Waals surface area contributed by atoms with E-state index in [0.717, 1.165) is 12.6 Å². The Balaban J connectivity index is 1.96. The minimum Gasteiger partial charge on any atom is -0.329 e. The fourth-order valence-electron chi connectivity index (χ4n) is 3.84. The second-order valence-electron chi connectivity index (χ2n) is 6.79. The summed E-state index contributed by atoms with van der Waals surface area (Å²) < 4.78 is 0.